The van der Waals surface area contributed by atoms with Crippen LogP contribution in [-0.2, 0) is 10.0 Å². The van der Waals surface area contributed by atoms with Crippen LogP contribution in [0.3, 0.4) is 0 Å². The Morgan fingerprint density at radius 2 is 1.65 bits per heavy atom. The van der Waals surface area contributed by atoms with Crippen LogP contribution in [-0.4, -0.2) is 31.0 Å². The predicted octanol–water partition coefficient (Wildman–Crippen LogP) is 5.27. The molecule has 4 rings (SSSR count). The van der Waals surface area contributed by atoms with Gasteiger partial charge in [-0.3, -0.25) is 0 Å². The lowest BCUT2D eigenvalue weighted by molar-refractivity contribution is 0.483. The maximum Gasteiger partial charge on any atom is 0.285 e. The van der Waals surface area contributed by atoms with Crippen molar-refractivity contribution in [2.45, 2.75) is 10.8 Å². The number of rotatable bonds is 4. The number of hydrogen-bond donors (Lipinski definition) is 0. The predicted molar refractivity (Wildman–Crippen MR) is 121 cm³/mol. The van der Waals surface area contributed by atoms with E-state index < -0.39 is 10.0 Å². The van der Waals surface area contributed by atoms with Crippen LogP contribution in [0.5, 0.6) is 0 Å². The minimum Gasteiger partial charge on any atom is -0.236 e. The molecule has 1 atom stereocenters. The van der Waals surface area contributed by atoms with Gasteiger partial charge in [0.1, 0.15) is 5.82 Å². The number of nitrogens with zero attached hydrogens (tertiary/aromatic N) is 3. The summed E-state index contributed by atoms with van der Waals surface area (Å²) >= 11 is 12.1. The van der Waals surface area contributed by atoms with Crippen LogP contribution >= 0.6 is 23.2 Å². The smallest absolute Gasteiger partial charge is 0.236 e. The van der Waals surface area contributed by atoms with Crippen LogP contribution in [0.4, 0.5) is 4.39 Å². The van der Waals surface area contributed by atoms with Gasteiger partial charge in [0.2, 0.25) is 5.29 Å². The number of benzene rings is 3. The van der Waals surface area contributed by atoms with Gasteiger partial charge in [-0.25, -0.2) is 9.40 Å². The van der Waals surface area contributed by atoms with Gasteiger partial charge in [0, 0.05) is 10.9 Å². The molecule has 3 aromatic carbocycles. The van der Waals surface area contributed by atoms with E-state index in [1.807, 2.05) is 30.3 Å². The van der Waals surface area contributed by atoms with Crippen molar-refractivity contribution in [1.82, 2.24) is 5.01 Å². The molecule has 0 unspecified atom stereocenters. The zero-order valence-electron chi connectivity index (χ0n) is 16.0. The van der Waals surface area contributed by atoms with Crippen molar-refractivity contribution in [2.75, 3.05) is 6.54 Å². The number of hydrazone groups is 1. The molecule has 158 valence electrons. The van der Waals surface area contributed by atoms with E-state index in [0.29, 0.717) is 16.3 Å². The van der Waals surface area contributed by atoms with Crippen molar-refractivity contribution in [2.24, 2.45) is 9.50 Å². The molecule has 31 heavy (non-hydrogen) atoms. The van der Waals surface area contributed by atoms with E-state index in [2.05, 4.69) is 9.50 Å². The Morgan fingerprint density at radius 3 is 2.29 bits per heavy atom. The van der Waals surface area contributed by atoms with Crippen LogP contribution in [0.1, 0.15) is 17.0 Å². The topological polar surface area (TPSA) is 62.1 Å². The van der Waals surface area contributed by atoms with E-state index >= 15 is 0 Å². The molecule has 0 aromatic heterocycles. The quantitative estimate of drug-likeness (QED) is 0.293. The molecular weight excluding hydrogens is 460 g/mol. The number of hydrogen-bond acceptors (Lipinski definition) is 3. The van der Waals surface area contributed by atoms with E-state index in [1.54, 1.807) is 12.1 Å². The van der Waals surface area contributed by atoms with Gasteiger partial charge in [-0.1, -0.05) is 54.1 Å². The summed E-state index contributed by atoms with van der Waals surface area (Å²) in [6.45, 7) is 0.287. The van der Waals surface area contributed by atoms with E-state index in [4.69, 9.17) is 23.2 Å². The molecule has 0 N–H and O–H groups in total. The summed E-state index contributed by atoms with van der Waals surface area (Å²) in [7, 11) is -4.05. The van der Waals surface area contributed by atoms with Crippen LogP contribution in [0.25, 0.3) is 0 Å². The Balaban J connectivity index is 1.70. The van der Waals surface area contributed by atoms with Crippen molar-refractivity contribution in [1.29, 1.82) is 0 Å². The number of sulfonamides is 1. The van der Waals surface area contributed by atoms with Gasteiger partial charge in [0.15, 0.2) is 0 Å². The van der Waals surface area contributed by atoms with E-state index in [1.165, 1.54) is 41.4 Å². The van der Waals surface area contributed by atoms with Gasteiger partial charge in [-0.2, -0.15) is 13.5 Å². The third-order valence-electron chi connectivity index (χ3n) is 4.78. The van der Waals surface area contributed by atoms with Gasteiger partial charge in [-0.15, -0.1) is 4.40 Å². The molecule has 0 saturated heterocycles. The minimum absolute atomic E-state index is 0.0309. The molecule has 9 heteroatoms. The lowest BCUT2D eigenvalue weighted by Gasteiger charge is -2.15. The molecule has 0 radical (unpaired) electrons. The van der Waals surface area contributed by atoms with Crippen molar-refractivity contribution in [3.8, 4) is 0 Å². The average Bonchev–Trinajstić information content (AvgIpc) is 3.21. The summed E-state index contributed by atoms with van der Waals surface area (Å²) in [6, 6.07) is 21.2. The Labute approximate surface area is 189 Å². The third-order valence-corrected chi connectivity index (χ3v) is 6.69. The second-order valence-electron chi connectivity index (χ2n) is 6.83. The molecule has 5 nitrogen and oxygen atoms in total. The molecule has 1 aliphatic rings. The first-order valence-corrected chi connectivity index (χ1v) is 11.5. The molecule has 1 heterocycles. The van der Waals surface area contributed by atoms with Crippen molar-refractivity contribution < 1.29 is 12.8 Å². The van der Waals surface area contributed by atoms with Gasteiger partial charge in [-0.05, 0) is 59.1 Å². The lowest BCUT2D eigenvalue weighted by atomic mass is 9.91. The van der Waals surface area contributed by atoms with Crippen molar-refractivity contribution in [3.05, 3.63) is 101 Å². The van der Waals surface area contributed by atoms with Gasteiger partial charge < -0.3 is 0 Å². The Bertz CT molecular complexity index is 1250. The molecule has 0 spiro atoms. The summed E-state index contributed by atoms with van der Waals surface area (Å²) < 4.78 is 42.4. The highest BCUT2D eigenvalue weighted by Gasteiger charge is 2.32. The normalized spacial score (nSPS) is 17.0. The first-order chi connectivity index (χ1) is 14.8. The molecular formula is C22H16Cl2FN3O2S. The Morgan fingerprint density at radius 1 is 1.00 bits per heavy atom. The monoisotopic (exact) mass is 475 g/mol. The van der Waals surface area contributed by atoms with Gasteiger partial charge in [0.05, 0.1) is 17.2 Å². The summed E-state index contributed by atoms with van der Waals surface area (Å²) in [4.78, 5) is -0.0309. The Kier molecular flexibility index (Phi) is 6.09. The number of halogens is 3. The summed E-state index contributed by atoms with van der Waals surface area (Å²) in [5, 5.41) is 5.98. The standard InChI is InChI=1S/C22H16Cl2FN3O2S/c23-17-8-12-19(13-9-17)31(29,30)27-22(24)28-14-20(15-4-2-1-3-5-15)21(26-28)16-6-10-18(25)11-7-16/h1-13,20H,14H2/b27-22+/t20-/m0/s1. The fourth-order valence-corrected chi connectivity index (χ4v) is 4.63. The van der Waals surface area contributed by atoms with Crippen LogP contribution < -0.4 is 0 Å². The second kappa shape index (κ2) is 8.78. The van der Waals surface area contributed by atoms with Crippen LogP contribution in [0.15, 0.2) is 93.3 Å². The first kappa shape index (κ1) is 21.5. The minimum atomic E-state index is -4.05. The fourth-order valence-electron chi connectivity index (χ4n) is 3.25. The highest BCUT2D eigenvalue weighted by Crippen LogP contribution is 2.30. The Hall–Kier alpha value is -2.74. The highest BCUT2D eigenvalue weighted by atomic mass is 35.5. The third kappa shape index (κ3) is 4.79. The van der Waals surface area contributed by atoms with E-state index in [0.717, 1.165) is 5.56 Å². The van der Waals surface area contributed by atoms with Gasteiger partial charge in [0.25, 0.3) is 10.0 Å². The summed E-state index contributed by atoms with van der Waals surface area (Å²) in [6.07, 6.45) is 0. The van der Waals surface area contributed by atoms with Crippen LogP contribution in [0, 0.1) is 5.82 Å². The molecule has 3 aromatic rings. The maximum atomic E-state index is 13.4. The zero-order valence-corrected chi connectivity index (χ0v) is 18.3. The summed E-state index contributed by atoms with van der Waals surface area (Å²) in [5.74, 6) is -0.557. The molecule has 0 aliphatic carbocycles. The SMILES string of the molecule is O=S(=O)(/N=C(\Cl)N1C[C@@H](c2ccccc2)C(c2ccc(F)cc2)=N1)c1ccc(Cl)cc1. The first-order valence-electron chi connectivity index (χ1n) is 9.26. The second-order valence-corrected chi connectivity index (χ2v) is 9.21. The maximum absolute atomic E-state index is 13.4. The molecule has 1 aliphatic heterocycles. The fraction of sp³-hybridized carbons (Fsp3) is 0.0909. The van der Waals surface area contributed by atoms with E-state index in [9.17, 15) is 12.8 Å². The molecule has 0 amide bonds. The lowest BCUT2D eigenvalue weighted by Crippen LogP contribution is -2.23. The molecule has 0 saturated carbocycles. The molecule has 0 bridgehead atoms. The van der Waals surface area contributed by atoms with Crippen LogP contribution in [0.2, 0.25) is 5.02 Å². The zero-order chi connectivity index (χ0) is 22.0. The average molecular weight is 476 g/mol. The van der Waals surface area contributed by atoms with Crippen molar-refractivity contribution >= 4 is 44.2 Å². The van der Waals surface area contributed by atoms with Gasteiger partial charge >= 0.3 is 0 Å². The number of amidine groups is 1. The van der Waals surface area contributed by atoms with E-state index in [-0.39, 0.29) is 28.5 Å². The molecule has 0 fully saturated rings. The highest BCUT2D eigenvalue weighted by molar-refractivity contribution is 7.90. The van der Waals surface area contributed by atoms with Crippen molar-refractivity contribution in [3.63, 3.8) is 0 Å². The largest absolute Gasteiger partial charge is 0.285 e. The summed E-state index contributed by atoms with van der Waals surface area (Å²) in [5.41, 5.74) is 2.32.